The van der Waals surface area contributed by atoms with Gasteiger partial charge in [0.05, 0.1) is 41.5 Å². The lowest BCUT2D eigenvalue weighted by Gasteiger charge is -2.33. The first-order chi connectivity index (χ1) is 19.8. The van der Waals surface area contributed by atoms with Crippen LogP contribution in [-0.4, -0.2) is 48.1 Å². The molecule has 2 atom stereocenters. The summed E-state index contributed by atoms with van der Waals surface area (Å²) in [4.78, 5) is 31.0. The zero-order valence-electron chi connectivity index (χ0n) is 23.1. The summed E-state index contributed by atoms with van der Waals surface area (Å²) >= 11 is 1.13. The second-order valence-corrected chi connectivity index (χ2v) is 12.3. The molecule has 0 saturated heterocycles. The van der Waals surface area contributed by atoms with Crippen LogP contribution in [0.15, 0.2) is 18.5 Å². The molecular weight excluding hydrogens is 581 g/mol. The largest absolute Gasteiger partial charge is 0.389 e. The van der Waals surface area contributed by atoms with E-state index < -0.39 is 48.8 Å². The van der Waals surface area contributed by atoms with Crippen LogP contribution in [0.25, 0.3) is 5.65 Å². The number of hydrogen-bond donors (Lipinski definition) is 2. The number of alkyl halides is 5. The van der Waals surface area contributed by atoms with E-state index in [1.165, 1.54) is 10.7 Å². The smallest absolute Gasteiger partial charge is 0.349 e. The van der Waals surface area contributed by atoms with Crippen LogP contribution < -0.4 is 10.6 Å². The van der Waals surface area contributed by atoms with E-state index in [0.29, 0.717) is 21.8 Å². The minimum absolute atomic E-state index is 0.0174. The normalized spacial score (nSPS) is 19.1. The zero-order chi connectivity index (χ0) is 30.2. The van der Waals surface area contributed by atoms with Crippen LogP contribution in [0.1, 0.15) is 110 Å². The fraction of sp³-hybridized carbons (Fsp3) is 0.630. The van der Waals surface area contributed by atoms with Gasteiger partial charge in [-0.05, 0) is 66.6 Å². The van der Waals surface area contributed by atoms with Gasteiger partial charge in [0.2, 0.25) is 11.8 Å². The standard InChI is InChI=1S/C27H32F5N7O2S/c1-14(2)24-23(37-38-42-24)25(41)36-22(16-5-8-26(28,29)9-6-16)18-13-39-19(34-18)11-17(12-33-39)21(15-3-4-15)35-20(40)7-10-27(30,31)32/h11-16,21-22H,3-10H2,1-2H3,(H,35,40)(H,36,41)/t21-,22+/m1/s1. The molecule has 0 radical (unpaired) electrons. The minimum atomic E-state index is -4.42. The first kappa shape index (κ1) is 30.2. The predicted molar refractivity (Wildman–Crippen MR) is 143 cm³/mol. The van der Waals surface area contributed by atoms with Crippen LogP contribution in [0.4, 0.5) is 22.0 Å². The van der Waals surface area contributed by atoms with Gasteiger partial charge in [0, 0.05) is 19.3 Å². The maximum atomic E-state index is 14.0. The van der Waals surface area contributed by atoms with Crippen LogP contribution in [0.3, 0.4) is 0 Å². The number of nitrogens with zero attached hydrogens (tertiary/aromatic N) is 5. The van der Waals surface area contributed by atoms with Crippen LogP contribution in [-0.2, 0) is 4.79 Å². The minimum Gasteiger partial charge on any atom is -0.349 e. The Morgan fingerprint density at radius 1 is 1.10 bits per heavy atom. The highest BCUT2D eigenvalue weighted by Crippen LogP contribution is 2.43. The summed E-state index contributed by atoms with van der Waals surface area (Å²) in [6.45, 7) is 3.84. The van der Waals surface area contributed by atoms with Crippen molar-refractivity contribution in [2.75, 3.05) is 0 Å². The zero-order valence-corrected chi connectivity index (χ0v) is 23.9. The fourth-order valence-electron chi connectivity index (χ4n) is 5.41. The molecule has 5 rings (SSSR count). The van der Waals surface area contributed by atoms with E-state index in [9.17, 15) is 31.5 Å². The van der Waals surface area contributed by atoms with E-state index in [0.717, 1.165) is 24.4 Å². The lowest BCUT2D eigenvalue weighted by molar-refractivity contribution is -0.144. The third-order valence-corrected chi connectivity index (χ3v) is 8.88. The number of hydrogen-bond acceptors (Lipinski definition) is 7. The molecule has 0 aliphatic heterocycles. The van der Waals surface area contributed by atoms with Gasteiger partial charge in [-0.2, -0.15) is 18.3 Å². The maximum Gasteiger partial charge on any atom is 0.389 e. The van der Waals surface area contributed by atoms with E-state index in [2.05, 4.69) is 25.3 Å². The molecule has 15 heteroatoms. The first-order valence-electron chi connectivity index (χ1n) is 14.0. The molecule has 2 fully saturated rings. The van der Waals surface area contributed by atoms with Crippen molar-refractivity contribution in [1.82, 2.24) is 34.8 Å². The Bertz CT molecular complexity index is 1430. The van der Waals surface area contributed by atoms with Crippen molar-refractivity contribution < 1.29 is 31.5 Å². The summed E-state index contributed by atoms with van der Waals surface area (Å²) in [5.74, 6) is -4.12. The van der Waals surface area contributed by atoms with Crippen molar-refractivity contribution in [3.05, 3.63) is 40.3 Å². The SMILES string of the molecule is CC(C)c1snnc1C(=O)N[C@H](c1cn2ncc([C@H](NC(=O)CCC(F)(F)F)C3CC3)cc2n1)C1CCC(F)(F)CC1. The Morgan fingerprint density at radius 2 is 1.79 bits per heavy atom. The molecule has 3 aromatic heterocycles. The van der Waals surface area contributed by atoms with Gasteiger partial charge in [0.15, 0.2) is 11.3 Å². The Morgan fingerprint density at radius 3 is 2.43 bits per heavy atom. The molecule has 0 spiro atoms. The molecule has 2 N–H and O–H groups in total. The van der Waals surface area contributed by atoms with E-state index in [4.69, 9.17) is 4.98 Å². The van der Waals surface area contributed by atoms with Crippen molar-refractivity contribution in [2.45, 2.75) is 95.3 Å². The summed E-state index contributed by atoms with van der Waals surface area (Å²) in [6, 6.07) is 0.506. The number of nitrogens with one attached hydrogen (secondary N) is 2. The van der Waals surface area contributed by atoms with Crippen molar-refractivity contribution in [2.24, 2.45) is 11.8 Å². The summed E-state index contributed by atoms with van der Waals surface area (Å²) in [5, 5.41) is 14.1. The summed E-state index contributed by atoms with van der Waals surface area (Å²) in [5.41, 5.74) is 1.64. The Labute approximate surface area is 242 Å². The number of fused-ring (bicyclic) bond motifs is 1. The molecule has 0 aromatic carbocycles. The van der Waals surface area contributed by atoms with Gasteiger partial charge >= 0.3 is 6.18 Å². The van der Waals surface area contributed by atoms with Crippen molar-refractivity contribution in [1.29, 1.82) is 0 Å². The molecule has 3 heterocycles. The highest BCUT2D eigenvalue weighted by Gasteiger charge is 2.40. The average Bonchev–Trinajstić information content (AvgIpc) is 3.47. The van der Waals surface area contributed by atoms with Gasteiger partial charge in [-0.25, -0.2) is 18.3 Å². The van der Waals surface area contributed by atoms with Gasteiger partial charge < -0.3 is 10.6 Å². The molecule has 3 aromatic rings. The number of carbonyl (C=O) groups excluding carboxylic acids is 2. The number of halogens is 5. The number of carbonyl (C=O) groups is 2. The second-order valence-electron chi connectivity index (χ2n) is 11.5. The van der Waals surface area contributed by atoms with E-state index in [1.807, 2.05) is 13.8 Å². The topological polar surface area (TPSA) is 114 Å². The third kappa shape index (κ3) is 7.21. The second kappa shape index (κ2) is 11.8. The van der Waals surface area contributed by atoms with Crippen LogP contribution in [0, 0.1) is 11.8 Å². The molecule has 2 saturated carbocycles. The molecule has 9 nitrogen and oxygen atoms in total. The molecule has 0 bridgehead atoms. The van der Waals surface area contributed by atoms with Gasteiger partial charge in [0.25, 0.3) is 5.91 Å². The lowest BCUT2D eigenvalue weighted by atomic mass is 9.81. The van der Waals surface area contributed by atoms with Crippen molar-refractivity contribution >= 4 is 29.0 Å². The first-order valence-corrected chi connectivity index (χ1v) is 14.8. The Hall–Kier alpha value is -3.23. The van der Waals surface area contributed by atoms with Gasteiger partial charge in [-0.1, -0.05) is 18.3 Å². The molecule has 0 unspecified atom stereocenters. The fourth-order valence-corrected chi connectivity index (χ4v) is 6.05. The number of amides is 2. The Kier molecular flexibility index (Phi) is 8.50. The Balaban J connectivity index is 1.40. The summed E-state index contributed by atoms with van der Waals surface area (Å²) in [7, 11) is 0. The maximum absolute atomic E-state index is 14.0. The van der Waals surface area contributed by atoms with Gasteiger partial charge in [0.1, 0.15) is 0 Å². The molecule has 2 amide bonds. The number of imidazole rings is 1. The summed E-state index contributed by atoms with van der Waals surface area (Å²) in [6.07, 6.45) is -1.71. The van der Waals surface area contributed by atoms with E-state index in [1.54, 1.807) is 12.3 Å². The molecular formula is C27H32F5N7O2S. The highest BCUT2D eigenvalue weighted by atomic mass is 32.1. The van der Waals surface area contributed by atoms with Crippen LogP contribution in [0.2, 0.25) is 0 Å². The average molecular weight is 614 g/mol. The van der Waals surface area contributed by atoms with Gasteiger partial charge in [-0.15, -0.1) is 5.10 Å². The molecule has 2 aliphatic rings. The van der Waals surface area contributed by atoms with Crippen molar-refractivity contribution in [3.63, 3.8) is 0 Å². The van der Waals surface area contributed by atoms with E-state index >= 15 is 0 Å². The molecule has 228 valence electrons. The van der Waals surface area contributed by atoms with Crippen LogP contribution in [0.5, 0.6) is 0 Å². The summed E-state index contributed by atoms with van der Waals surface area (Å²) < 4.78 is 71.2. The van der Waals surface area contributed by atoms with Gasteiger partial charge in [-0.3, -0.25) is 9.59 Å². The highest BCUT2D eigenvalue weighted by molar-refractivity contribution is 7.05. The number of rotatable bonds is 10. The van der Waals surface area contributed by atoms with Crippen LogP contribution >= 0.6 is 11.5 Å². The number of aromatic nitrogens is 5. The molecule has 2 aliphatic carbocycles. The van der Waals surface area contributed by atoms with E-state index in [-0.39, 0.29) is 49.1 Å². The lowest BCUT2D eigenvalue weighted by Crippen LogP contribution is -2.37. The third-order valence-electron chi connectivity index (χ3n) is 7.86. The van der Waals surface area contributed by atoms with Crippen molar-refractivity contribution in [3.8, 4) is 0 Å². The monoisotopic (exact) mass is 613 g/mol. The predicted octanol–water partition coefficient (Wildman–Crippen LogP) is 5.91. The quantitative estimate of drug-likeness (QED) is 0.275. The molecule has 42 heavy (non-hydrogen) atoms.